The van der Waals surface area contributed by atoms with Gasteiger partial charge in [0.1, 0.15) is 0 Å². The van der Waals surface area contributed by atoms with Gasteiger partial charge in [-0.2, -0.15) is 10.1 Å². The molecular formula is C23H24N6O2. The number of carbonyl (C=O) groups is 1. The molecule has 1 aliphatic heterocycles. The van der Waals surface area contributed by atoms with Gasteiger partial charge in [-0.3, -0.25) is 9.48 Å². The van der Waals surface area contributed by atoms with E-state index >= 15 is 0 Å². The van der Waals surface area contributed by atoms with Crippen molar-refractivity contribution in [1.82, 2.24) is 24.8 Å². The van der Waals surface area contributed by atoms with E-state index in [1.165, 1.54) is 0 Å². The van der Waals surface area contributed by atoms with E-state index in [1.807, 2.05) is 64.3 Å². The normalized spacial score (nSPS) is 14.5. The van der Waals surface area contributed by atoms with E-state index in [1.54, 1.807) is 0 Å². The molecule has 1 amide bonds. The Morgan fingerprint density at radius 1 is 1.03 bits per heavy atom. The van der Waals surface area contributed by atoms with Crippen LogP contribution in [-0.2, 0) is 0 Å². The summed E-state index contributed by atoms with van der Waals surface area (Å²) < 4.78 is 7.55. The van der Waals surface area contributed by atoms with Crippen LogP contribution >= 0.6 is 0 Å². The molecule has 5 rings (SSSR count). The zero-order chi connectivity index (χ0) is 21.4. The van der Waals surface area contributed by atoms with Crippen molar-refractivity contribution in [1.29, 1.82) is 0 Å². The molecule has 2 aromatic carbocycles. The average Bonchev–Trinajstić information content (AvgIpc) is 3.46. The summed E-state index contributed by atoms with van der Waals surface area (Å²) in [5.41, 5.74) is 2.63. The summed E-state index contributed by atoms with van der Waals surface area (Å²) in [6.45, 7) is 6.78. The van der Waals surface area contributed by atoms with Crippen LogP contribution in [0.1, 0.15) is 30.2 Å². The Balaban J connectivity index is 1.30. The van der Waals surface area contributed by atoms with E-state index in [0.717, 1.165) is 16.5 Å². The van der Waals surface area contributed by atoms with Crippen molar-refractivity contribution in [2.24, 2.45) is 0 Å². The van der Waals surface area contributed by atoms with Gasteiger partial charge in [0, 0.05) is 48.7 Å². The summed E-state index contributed by atoms with van der Waals surface area (Å²) in [6.07, 6.45) is 1.87. The lowest BCUT2D eigenvalue weighted by atomic mass is 10.1. The fraction of sp³-hybridized carbons (Fsp3) is 0.304. The SMILES string of the molecule is CC(C)n1ncc2ccc(-c3nc(N4CCN(C(=O)c5ccccc5)CC4)no3)cc21. The molecule has 8 nitrogen and oxygen atoms in total. The first kappa shape index (κ1) is 19.3. The number of anilines is 1. The van der Waals surface area contributed by atoms with E-state index in [4.69, 9.17) is 4.52 Å². The van der Waals surface area contributed by atoms with Crippen molar-refractivity contribution in [3.8, 4) is 11.5 Å². The lowest BCUT2D eigenvalue weighted by Crippen LogP contribution is -2.49. The number of piperazine rings is 1. The summed E-state index contributed by atoms with van der Waals surface area (Å²) in [4.78, 5) is 21.2. The second-order valence-corrected chi connectivity index (χ2v) is 8.00. The van der Waals surface area contributed by atoms with Crippen LogP contribution in [0.4, 0.5) is 5.95 Å². The number of rotatable bonds is 4. The zero-order valence-electron chi connectivity index (χ0n) is 17.6. The molecule has 0 unspecified atom stereocenters. The summed E-state index contributed by atoms with van der Waals surface area (Å²) in [6, 6.07) is 15.7. The molecule has 0 spiro atoms. The highest BCUT2D eigenvalue weighted by atomic mass is 16.5. The molecule has 0 aliphatic carbocycles. The molecule has 0 bridgehead atoms. The highest BCUT2D eigenvalue weighted by Gasteiger charge is 2.25. The summed E-state index contributed by atoms with van der Waals surface area (Å²) in [5, 5.41) is 9.72. The predicted octanol–water partition coefficient (Wildman–Crippen LogP) is 3.63. The first-order valence-electron chi connectivity index (χ1n) is 10.5. The lowest BCUT2D eigenvalue weighted by Gasteiger charge is -2.33. The molecule has 8 heteroatoms. The molecule has 4 aromatic rings. The molecule has 1 fully saturated rings. The molecule has 31 heavy (non-hydrogen) atoms. The number of nitrogens with zero attached hydrogens (tertiary/aromatic N) is 6. The summed E-state index contributed by atoms with van der Waals surface area (Å²) in [7, 11) is 0. The van der Waals surface area contributed by atoms with Gasteiger partial charge in [0.15, 0.2) is 0 Å². The maximum Gasteiger partial charge on any atom is 0.266 e. The zero-order valence-corrected chi connectivity index (χ0v) is 17.6. The number of aromatic nitrogens is 4. The van der Waals surface area contributed by atoms with Gasteiger partial charge in [0.2, 0.25) is 0 Å². The van der Waals surface area contributed by atoms with Gasteiger partial charge in [-0.15, -0.1) is 0 Å². The topological polar surface area (TPSA) is 80.3 Å². The van der Waals surface area contributed by atoms with Gasteiger partial charge in [-0.25, -0.2) is 0 Å². The monoisotopic (exact) mass is 416 g/mol. The van der Waals surface area contributed by atoms with Crippen LogP contribution in [0.2, 0.25) is 0 Å². The number of hydrogen-bond donors (Lipinski definition) is 0. The van der Waals surface area contributed by atoms with E-state index < -0.39 is 0 Å². The first-order chi connectivity index (χ1) is 15.1. The molecule has 1 aliphatic rings. The van der Waals surface area contributed by atoms with Crippen LogP contribution in [0.25, 0.3) is 22.4 Å². The number of fused-ring (bicyclic) bond motifs is 1. The Morgan fingerprint density at radius 2 is 1.81 bits per heavy atom. The Kier molecular flexibility index (Phi) is 4.89. The third kappa shape index (κ3) is 3.65. The minimum atomic E-state index is 0.0594. The Hall–Kier alpha value is -3.68. The van der Waals surface area contributed by atoms with E-state index in [9.17, 15) is 4.79 Å². The molecular weight excluding hydrogens is 392 g/mol. The van der Waals surface area contributed by atoms with Crippen molar-refractivity contribution in [3.63, 3.8) is 0 Å². The van der Waals surface area contributed by atoms with Gasteiger partial charge in [-0.05, 0) is 43.3 Å². The lowest BCUT2D eigenvalue weighted by molar-refractivity contribution is 0.0746. The molecule has 0 radical (unpaired) electrons. The van der Waals surface area contributed by atoms with Gasteiger partial charge < -0.3 is 14.3 Å². The molecule has 0 N–H and O–H groups in total. The molecule has 0 atom stereocenters. The Labute approximate surface area is 180 Å². The van der Waals surface area contributed by atoms with Gasteiger partial charge in [-0.1, -0.05) is 24.3 Å². The smallest absolute Gasteiger partial charge is 0.266 e. The van der Waals surface area contributed by atoms with Crippen LogP contribution in [0.3, 0.4) is 0 Å². The average molecular weight is 416 g/mol. The number of benzene rings is 2. The maximum absolute atomic E-state index is 12.6. The minimum absolute atomic E-state index is 0.0594. The van der Waals surface area contributed by atoms with Crippen LogP contribution in [-0.4, -0.2) is 56.9 Å². The summed E-state index contributed by atoms with van der Waals surface area (Å²) >= 11 is 0. The van der Waals surface area contributed by atoms with E-state index in [-0.39, 0.29) is 11.9 Å². The van der Waals surface area contributed by atoms with Crippen LogP contribution in [0.15, 0.2) is 59.3 Å². The molecule has 2 aromatic heterocycles. The molecule has 0 saturated carbocycles. The number of amides is 1. The standard InChI is InChI=1S/C23H24N6O2/c1-16(2)29-20-14-18(8-9-19(20)15-24-29)21-25-23(26-31-21)28-12-10-27(11-13-28)22(30)17-6-4-3-5-7-17/h3-9,14-16H,10-13H2,1-2H3. The number of carbonyl (C=O) groups excluding carboxylic acids is 1. The van der Waals surface area contributed by atoms with Gasteiger partial charge in [0.25, 0.3) is 17.7 Å². The third-order valence-electron chi connectivity index (χ3n) is 5.62. The van der Waals surface area contributed by atoms with Crippen molar-refractivity contribution in [2.75, 3.05) is 31.1 Å². The fourth-order valence-electron chi connectivity index (χ4n) is 3.92. The molecule has 1 saturated heterocycles. The second kappa shape index (κ2) is 7.86. The van der Waals surface area contributed by atoms with Crippen LogP contribution in [0, 0.1) is 0 Å². The van der Waals surface area contributed by atoms with Crippen LogP contribution < -0.4 is 4.90 Å². The van der Waals surface area contributed by atoms with E-state index in [2.05, 4.69) is 34.0 Å². The minimum Gasteiger partial charge on any atom is -0.335 e. The van der Waals surface area contributed by atoms with Crippen molar-refractivity contribution >= 4 is 22.8 Å². The Morgan fingerprint density at radius 3 is 2.55 bits per heavy atom. The third-order valence-corrected chi connectivity index (χ3v) is 5.62. The quantitative estimate of drug-likeness (QED) is 0.505. The summed E-state index contributed by atoms with van der Waals surface area (Å²) in [5.74, 6) is 1.10. The van der Waals surface area contributed by atoms with Crippen molar-refractivity contribution < 1.29 is 9.32 Å². The van der Waals surface area contributed by atoms with Gasteiger partial charge in [0.05, 0.1) is 11.7 Å². The van der Waals surface area contributed by atoms with Crippen molar-refractivity contribution in [2.45, 2.75) is 19.9 Å². The van der Waals surface area contributed by atoms with Crippen molar-refractivity contribution in [3.05, 3.63) is 60.3 Å². The van der Waals surface area contributed by atoms with Crippen LogP contribution in [0.5, 0.6) is 0 Å². The highest BCUT2D eigenvalue weighted by Crippen LogP contribution is 2.26. The first-order valence-corrected chi connectivity index (χ1v) is 10.5. The Bertz CT molecular complexity index is 1210. The number of hydrogen-bond acceptors (Lipinski definition) is 6. The van der Waals surface area contributed by atoms with E-state index in [0.29, 0.717) is 43.6 Å². The predicted molar refractivity (Wildman–Crippen MR) is 118 cm³/mol. The second-order valence-electron chi connectivity index (χ2n) is 8.00. The molecule has 3 heterocycles. The van der Waals surface area contributed by atoms with Gasteiger partial charge >= 0.3 is 0 Å². The maximum atomic E-state index is 12.6. The molecule has 158 valence electrons. The largest absolute Gasteiger partial charge is 0.335 e. The highest BCUT2D eigenvalue weighted by molar-refractivity contribution is 5.94. The fourth-order valence-corrected chi connectivity index (χ4v) is 3.92.